The zero-order valence-corrected chi connectivity index (χ0v) is 14.0. The molecular formula is C15H22ClN3O5. The fraction of sp³-hybridized carbons (Fsp3) is 0.733. The topological polar surface area (TPSA) is 125 Å². The molecule has 1 saturated carbocycles. The Kier molecular flexibility index (Phi) is 6.42. The van der Waals surface area contributed by atoms with Crippen molar-refractivity contribution in [3.8, 4) is 0 Å². The summed E-state index contributed by atoms with van der Waals surface area (Å²) in [5.74, 6) is -1.38. The molecule has 2 fully saturated rings. The predicted molar refractivity (Wildman–Crippen MR) is 85.7 cm³/mol. The van der Waals surface area contributed by atoms with Crippen molar-refractivity contribution in [3.63, 3.8) is 0 Å². The van der Waals surface area contributed by atoms with Gasteiger partial charge in [0.1, 0.15) is 6.04 Å². The van der Waals surface area contributed by atoms with Crippen LogP contribution in [0.15, 0.2) is 0 Å². The Balaban J connectivity index is 1.99. The minimum absolute atomic E-state index is 0.144. The predicted octanol–water partition coefficient (Wildman–Crippen LogP) is 0.242. The van der Waals surface area contributed by atoms with Crippen LogP contribution in [0.1, 0.15) is 32.1 Å². The standard InChI is InChI=1S/C15H22ClN3O5/c16-7-12(20)10(6-9-3-4-17-13(9)21)18-14(22)11(19-15(23)24)5-8-1-2-8/h8-11,19H,1-7H2,(H,17,21)(H,18,22)(H,23,24)/t9-,10-,11-/m0/s1. The second-order valence-electron chi connectivity index (χ2n) is 6.35. The Bertz CT molecular complexity index is 523. The van der Waals surface area contributed by atoms with Gasteiger partial charge in [-0.2, -0.15) is 0 Å². The lowest BCUT2D eigenvalue weighted by molar-refractivity contribution is -0.129. The van der Waals surface area contributed by atoms with E-state index in [0.29, 0.717) is 25.3 Å². The number of amides is 3. The first-order valence-corrected chi connectivity index (χ1v) is 8.60. The van der Waals surface area contributed by atoms with E-state index < -0.39 is 24.1 Å². The lowest BCUT2D eigenvalue weighted by Gasteiger charge is -2.23. The molecule has 1 aliphatic carbocycles. The Morgan fingerprint density at radius 1 is 1.17 bits per heavy atom. The molecule has 4 N–H and O–H groups in total. The third kappa shape index (κ3) is 5.36. The third-order valence-corrected chi connectivity index (χ3v) is 4.66. The third-order valence-electron chi connectivity index (χ3n) is 4.40. The molecule has 3 atom stereocenters. The van der Waals surface area contributed by atoms with Gasteiger partial charge >= 0.3 is 6.09 Å². The van der Waals surface area contributed by atoms with E-state index in [1.54, 1.807) is 0 Å². The van der Waals surface area contributed by atoms with Gasteiger partial charge in [-0.25, -0.2) is 4.79 Å². The Morgan fingerprint density at radius 2 is 1.88 bits per heavy atom. The number of alkyl halides is 1. The van der Waals surface area contributed by atoms with Gasteiger partial charge in [-0.1, -0.05) is 12.8 Å². The van der Waals surface area contributed by atoms with Gasteiger partial charge in [0.15, 0.2) is 5.78 Å². The largest absolute Gasteiger partial charge is 0.465 e. The molecule has 3 amide bonds. The average Bonchev–Trinajstić information content (AvgIpc) is 3.26. The highest BCUT2D eigenvalue weighted by Gasteiger charge is 2.34. The van der Waals surface area contributed by atoms with Gasteiger partial charge < -0.3 is 21.1 Å². The van der Waals surface area contributed by atoms with Crippen molar-refractivity contribution in [1.29, 1.82) is 0 Å². The van der Waals surface area contributed by atoms with E-state index in [0.717, 1.165) is 12.8 Å². The van der Waals surface area contributed by atoms with Crippen molar-refractivity contribution in [3.05, 3.63) is 0 Å². The molecular weight excluding hydrogens is 338 g/mol. The first-order chi connectivity index (χ1) is 11.4. The number of hydrogen-bond donors (Lipinski definition) is 4. The molecule has 0 aromatic rings. The molecule has 0 aromatic carbocycles. The highest BCUT2D eigenvalue weighted by atomic mass is 35.5. The first-order valence-electron chi connectivity index (χ1n) is 8.07. The molecule has 1 saturated heterocycles. The van der Waals surface area contributed by atoms with Crippen LogP contribution in [0, 0.1) is 11.8 Å². The van der Waals surface area contributed by atoms with Crippen LogP contribution in [0.5, 0.6) is 0 Å². The van der Waals surface area contributed by atoms with E-state index in [4.69, 9.17) is 16.7 Å². The Hall–Kier alpha value is -1.83. The SMILES string of the molecule is O=C(O)N[C@@H](CC1CC1)C(=O)N[C@@H](C[C@@H]1CCNC1=O)C(=O)CCl. The number of Topliss-reactive ketones (excluding diaryl/α,β-unsaturated/α-hetero) is 1. The molecule has 0 unspecified atom stereocenters. The van der Waals surface area contributed by atoms with Crippen molar-refractivity contribution in [1.82, 2.24) is 16.0 Å². The fourth-order valence-corrected chi connectivity index (χ4v) is 3.04. The number of halogens is 1. The molecule has 9 heteroatoms. The number of carboxylic acid groups (broad SMARTS) is 1. The van der Waals surface area contributed by atoms with E-state index in [1.165, 1.54) is 0 Å². The van der Waals surface area contributed by atoms with Crippen LogP contribution in [-0.4, -0.2) is 53.3 Å². The Labute approximate surface area is 144 Å². The second-order valence-corrected chi connectivity index (χ2v) is 6.62. The van der Waals surface area contributed by atoms with Gasteiger partial charge in [0.2, 0.25) is 11.8 Å². The van der Waals surface area contributed by atoms with Crippen molar-refractivity contribution in [2.45, 2.75) is 44.2 Å². The van der Waals surface area contributed by atoms with Crippen LogP contribution >= 0.6 is 11.6 Å². The van der Waals surface area contributed by atoms with Crippen molar-refractivity contribution in [2.75, 3.05) is 12.4 Å². The fourth-order valence-electron chi connectivity index (χ4n) is 2.86. The van der Waals surface area contributed by atoms with Gasteiger partial charge in [-0.3, -0.25) is 14.4 Å². The van der Waals surface area contributed by atoms with Crippen LogP contribution in [0.2, 0.25) is 0 Å². The molecule has 0 spiro atoms. The van der Waals surface area contributed by atoms with Crippen LogP contribution in [-0.2, 0) is 14.4 Å². The molecule has 0 aromatic heterocycles. The monoisotopic (exact) mass is 359 g/mol. The molecule has 0 bridgehead atoms. The summed E-state index contributed by atoms with van der Waals surface area (Å²) >= 11 is 5.60. The molecule has 1 aliphatic heterocycles. The summed E-state index contributed by atoms with van der Waals surface area (Å²) in [6.07, 6.45) is 1.83. The van der Waals surface area contributed by atoms with Crippen molar-refractivity contribution in [2.24, 2.45) is 11.8 Å². The van der Waals surface area contributed by atoms with Crippen molar-refractivity contribution < 1.29 is 24.3 Å². The smallest absolute Gasteiger partial charge is 0.405 e. The zero-order chi connectivity index (χ0) is 17.7. The maximum Gasteiger partial charge on any atom is 0.405 e. The molecule has 1 heterocycles. The van der Waals surface area contributed by atoms with E-state index >= 15 is 0 Å². The zero-order valence-electron chi connectivity index (χ0n) is 13.2. The molecule has 134 valence electrons. The minimum Gasteiger partial charge on any atom is -0.465 e. The first kappa shape index (κ1) is 18.5. The summed E-state index contributed by atoms with van der Waals surface area (Å²) in [7, 11) is 0. The van der Waals surface area contributed by atoms with Crippen LogP contribution in [0.3, 0.4) is 0 Å². The van der Waals surface area contributed by atoms with Gasteiger partial charge in [0.05, 0.1) is 11.9 Å². The van der Waals surface area contributed by atoms with Crippen LogP contribution in [0.4, 0.5) is 4.79 Å². The van der Waals surface area contributed by atoms with Gasteiger partial charge in [-0.05, 0) is 25.2 Å². The normalized spacial score (nSPS) is 22.4. The number of carbonyl (C=O) groups excluding carboxylic acids is 3. The maximum absolute atomic E-state index is 12.4. The summed E-state index contributed by atoms with van der Waals surface area (Å²) in [5, 5.41) is 16.3. The van der Waals surface area contributed by atoms with Crippen LogP contribution in [0.25, 0.3) is 0 Å². The molecule has 24 heavy (non-hydrogen) atoms. The quantitative estimate of drug-likeness (QED) is 0.439. The summed E-state index contributed by atoms with van der Waals surface area (Å²) in [6, 6.07) is -1.79. The van der Waals surface area contributed by atoms with E-state index in [2.05, 4.69) is 16.0 Å². The molecule has 8 nitrogen and oxygen atoms in total. The summed E-state index contributed by atoms with van der Waals surface area (Å²) in [6.45, 7) is 0.546. The van der Waals surface area contributed by atoms with Crippen molar-refractivity contribution >= 4 is 35.3 Å². The lowest BCUT2D eigenvalue weighted by atomic mass is 9.95. The average molecular weight is 360 g/mol. The number of hydrogen-bond acceptors (Lipinski definition) is 4. The maximum atomic E-state index is 12.4. The van der Waals surface area contributed by atoms with E-state index in [1.807, 2.05) is 0 Å². The number of rotatable bonds is 9. The highest BCUT2D eigenvalue weighted by Crippen LogP contribution is 2.33. The van der Waals surface area contributed by atoms with Gasteiger partial charge in [0, 0.05) is 12.5 Å². The Morgan fingerprint density at radius 3 is 2.38 bits per heavy atom. The van der Waals surface area contributed by atoms with E-state index in [9.17, 15) is 19.2 Å². The highest BCUT2D eigenvalue weighted by molar-refractivity contribution is 6.28. The van der Waals surface area contributed by atoms with Crippen LogP contribution < -0.4 is 16.0 Å². The summed E-state index contributed by atoms with van der Waals surface area (Å²) in [5.41, 5.74) is 0. The second kappa shape index (κ2) is 8.32. The summed E-state index contributed by atoms with van der Waals surface area (Å²) in [4.78, 5) is 47.0. The number of nitrogens with one attached hydrogen (secondary N) is 3. The van der Waals surface area contributed by atoms with E-state index in [-0.39, 0.29) is 29.9 Å². The lowest BCUT2D eigenvalue weighted by Crippen LogP contribution is -2.52. The molecule has 2 rings (SSSR count). The number of ketones is 1. The van der Waals surface area contributed by atoms with Gasteiger partial charge in [0.25, 0.3) is 0 Å². The number of carbonyl (C=O) groups is 4. The molecule has 0 radical (unpaired) electrons. The van der Waals surface area contributed by atoms with Gasteiger partial charge in [-0.15, -0.1) is 11.6 Å². The molecule has 2 aliphatic rings. The summed E-state index contributed by atoms with van der Waals surface area (Å²) < 4.78 is 0. The minimum atomic E-state index is -1.29.